The zero-order valence-electron chi connectivity index (χ0n) is 13.7. The molecule has 2 heterocycles. The van der Waals surface area contributed by atoms with Gasteiger partial charge >= 0.3 is 6.18 Å². The Labute approximate surface area is 148 Å². The zero-order chi connectivity index (χ0) is 18.7. The Balaban J connectivity index is 1.61. The minimum atomic E-state index is -4.43. The summed E-state index contributed by atoms with van der Waals surface area (Å²) in [5.74, 6) is -0.494. The van der Waals surface area contributed by atoms with Crippen molar-refractivity contribution in [3.8, 4) is 0 Å². The van der Waals surface area contributed by atoms with Crippen LogP contribution >= 0.6 is 0 Å². The van der Waals surface area contributed by atoms with Crippen molar-refractivity contribution in [1.82, 2.24) is 14.8 Å². The molecule has 0 bridgehead atoms. The van der Waals surface area contributed by atoms with Crippen LogP contribution in [0.1, 0.15) is 26.3 Å². The molecule has 3 rings (SSSR count). The summed E-state index contributed by atoms with van der Waals surface area (Å²) in [5, 5.41) is 0. The van der Waals surface area contributed by atoms with E-state index in [1.807, 2.05) is 0 Å². The minimum Gasteiger partial charge on any atom is -0.335 e. The molecule has 5 nitrogen and oxygen atoms in total. The van der Waals surface area contributed by atoms with E-state index in [-0.39, 0.29) is 17.4 Å². The molecule has 1 aromatic heterocycles. The summed E-state index contributed by atoms with van der Waals surface area (Å²) in [5.41, 5.74) is -0.110. The molecule has 0 radical (unpaired) electrons. The Kier molecular flexibility index (Phi) is 4.92. The second kappa shape index (κ2) is 7.15. The SMILES string of the molecule is O=C(c1ccc(C(F)(F)F)cc1)N1CCN(C(=O)c2cccnc2)CC1. The number of benzene rings is 1. The number of pyridine rings is 1. The zero-order valence-corrected chi connectivity index (χ0v) is 13.7. The Morgan fingerprint density at radius 2 is 1.38 bits per heavy atom. The van der Waals surface area contributed by atoms with Crippen LogP contribution in [0.4, 0.5) is 13.2 Å². The molecular weight excluding hydrogens is 347 g/mol. The number of aromatic nitrogens is 1. The summed E-state index contributed by atoms with van der Waals surface area (Å²) in [7, 11) is 0. The normalized spacial score (nSPS) is 15.0. The first-order chi connectivity index (χ1) is 12.4. The van der Waals surface area contributed by atoms with Gasteiger partial charge in [-0.3, -0.25) is 14.6 Å². The van der Waals surface area contributed by atoms with E-state index >= 15 is 0 Å². The first-order valence-corrected chi connectivity index (χ1v) is 8.02. The number of piperazine rings is 1. The van der Waals surface area contributed by atoms with Crippen LogP contribution in [-0.4, -0.2) is 52.8 Å². The molecule has 0 atom stereocenters. The number of hydrogen-bond acceptors (Lipinski definition) is 3. The van der Waals surface area contributed by atoms with Gasteiger partial charge < -0.3 is 9.80 Å². The van der Waals surface area contributed by atoms with Gasteiger partial charge in [-0.2, -0.15) is 13.2 Å². The lowest BCUT2D eigenvalue weighted by Crippen LogP contribution is -2.50. The number of carbonyl (C=O) groups excluding carboxylic acids is 2. The predicted octanol–water partition coefficient (Wildman–Crippen LogP) is 2.70. The lowest BCUT2D eigenvalue weighted by atomic mass is 10.1. The van der Waals surface area contributed by atoms with E-state index in [4.69, 9.17) is 0 Å². The third kappa shape index (κ3) is 3.84. The fourth-order valence-corrected chi connectivity index (χ4v) is 2.77. The third-order valence-electron chi connectivity index (χ3n) is 4.22. The van der Waals surface area contributed by atoms with Crippen LogP contribution in [0.15, 0.2) is 48.8 Å². The molecular formula is C18H16F3N3O2. The van der Waals surface area contributed by atoms with Crippen molar-refractivity contribution in [3.05, 3.63) is 65.5 Å². The summed E-state index contributed by atoms with van der Waals surface area (Å²) < 4.78 is 37.8. The molecule has 1 aromatic carbocycles. The molecule has 2 aromatic rings. The molecule has 8 heteroatoms. The molecule has 1 saturated heterocycles. The van der Waals surface area contributed by atoms with Gasteiger partial charge in [0.05, 0.1) is 11.1 Å². The largest absolute Gasteiger partial charge is 0.416 e. The maximum atomic E-state index is 12.6. The van der Waals surface area contributed by atoms with Gasteiger partial charge in [0, 0.05) is 44.1 Å². The van der Waals surface area contributed by atoms with Crippen LogP contribution in [0.3, 0.4) is 0 Å². The van der Waals surface area contributed by atoms with Gasteiger partial charge in [0.25, 0.3) is 11.8 Å². The smallest absolute Gasteiger partial charge is 0.335 e. The van der Waals surface area contributed by atoms with Crippen molar-refractivity contribution < 1.29 is 22.8 Å². The van der Waals surface area contributed by atoms with Gasteiger partial charge in [0.1, 0.15) is 0 Å². The first kappa shape index (κ1) is 17.9. The van der Waals surface area contributed by atoms with Crippen LogP contribution in [0.5, 0.6) is 0 Å². The Morgan fingerprint density at radius 1 is 0.846 bits per heavy atom. The lowest BCUT2D eigenvalue weighted by molar-refractivity contribution is -0.137. The molecule has 0 N–H and O–H groups in total. The lowest BCUT2D eigenvalue weighted by Gasteiger charge is -2.34. The average molecular weight is 363 g/mol. The number of rotatable bonds is 2. The Hall–Kier alpha value is -2.90. The van der Waals surface area contributed by atoms with Gasteiger partial charge in [0.15, 0.2) is 0 Å². The quantitative estimate of drug-likeness (QED) is 0.824. The number of nitrogens with zero attached hydrogens (tertiary/aromatic N) is 3. The van der Waals surface area contributed by atoms with Gasteiger partial charge in [-0.25, -0.2) is 0 Å². The fourth-order valence-electron chi connectivity index (χ4n) is 2.77. The number of amides is 2. The fraction of sp³-hybridized carbons (Fsp3) is 0.278. The summed E-state index contributed by atoms with van der Waals surface area (Å²) in [4.78, 5) is 31.9. The van der Waals surface area contributed by atoms with Crippen molar-refractivity contribution >= 4 is 11.8 Å². The molecule has 26 heavy (non-hydrogen) atoms. The topological polar surface area (TPSA) is 53.5 Å². The standard InChI is InChI=1S/C18H16F3N3O2/c19-18(20,21)15-5-3-13(4-6-15)16(25)23-8-10-24(11-9-23)17(26)14-2-1-7-22-12-14/h1-7,12H,8-11H2. The first-order valence-electron chi connectivity index (χ1n) is 8.02. The Morgan fingerprint density at radius 3 is 1.85 bits per heavy atom. The molecule has 0 aliphatic carbocycles. The van der Waals surface area contributed by atoms with Crippen LogP contribution in [0.2, 0.25) is 0 Å². The minimum absolute atomic E-state index is 0.153. The maximum absolute atomic E-state index is 12.6. The van der Waals surface area contributed by atoms with Gasteiger partial charge in [-0.15, -0.1) is 0 Å². The van der Waals surface area contributed by atoms with Gasteiger partial charge in [-0.1, -0.05) is 0 Å². The van der Waals surface area contributed by atoms with Crippen molar-refractivity contribution in [2.45, 2.75) is 6.18 Å². The second-order valence-corrected chi connectivity index (χ2v) is 5.90. The van der Waals surface area contributed by atoms with E-state index in [0.29, 0.717) is 31.7 Å². The summed E-state index contributed by atoms with van der Waals surface area (Å²) in [6.45, 7) is 1.37. The van der Waals surface area contributed by atoms with E-state index in [1.54, 1.807) is 23.2 Å². The van der Waals surface area contributed by atoms with Crippen LogP contribution in [0.25, 0.3) is 0 Å². The van der Waals surface area contributed by atoms with E-state index < -0.39 is 11.7 Å². The van der Waals surface area contributed by atoms with Crippen molar-refractivity contribution in [1.29, 1.82) is 0 Å². The third-order valence-corrected chi connectivity index (χ3v) is 4.22. The second-order valence-electron chi connectivity index (χ2n) is 5.90. The summed E-state index contributed by atoms with van der Waals surface area (Å²) in [6.07, 6.45) is -1.36. The van der Waals surface area contributed by atoms with Crippen LogP contribution in [-0.2, 0) is 6.18 Å². The summed E-state index contributed by atoms with van der Waals surface area (Å²) >= 11 is 0. The van der Waals surface area contributed by atoms with E-state index in [1.165, 1.54) is 23.2 Å². The van der Waals surface area contributed by atoms with Crippen molar-refractivity contribution in [3.63, 3.8) is 0 Å². The highest BCUT2D eigenvalue weighted by molar-refractivity contribution is 5.95. The van der Waals surface area contributed by atoms with Gasteiger partial charge in [-0.05, 0) is 36.4 Å². The highest BCUT2D eigenvalue weighted by atomic mass is 19.4. The number of carbonyl (C=O) groups is 2. The van der Waals surface area contributed by atoms with Crippen molar-refractivity contribution in [2.24, 2.45) is 0 Å². The van der Waals surface area contributed by atoms with E-state index in [0.717, 1.165) is 12.1 Å². The van der Waals surface area contributed by atoms with Crippen LogP contribution < -0.4 is 0 Å². The van der Waals surface area contributed by atoms with Crippen molar-refractivity contribution in [2.75, 3.05) is 26.2 Å². The molecule has 1 aliphatic rings. The monoisotopic (exact) mass is 363 g/mol. The molecule has 1 aliphatic heterocycles. The molecule has 2 amide bonds. The van der Waals surface area contributed by atoms with E-state index in [9.17, 15) is 22.8 Å². The molecule has 136 valence electrons. The highest BCUT2D eigenvalue weighted by Crippen LogP contribution is 2.29. The molecule has 1 fully saturated rings. The van der Waals surface area contributed by atoms with E-state index in [2.05, 4.69) is 4.98 Å². The number of alkyl halides is 3. The number of hydrogen-bond donors (Lipinski definition) is 0. The Bertz CT molecular complexity index is 784. The van der Waals surface area contributed by atoms with Crippen LogP contribution in [0, 0.1) is 0 Å². The number of halogens is 3. The average Bonchev–Trinajstić information content (AvgIpc) is 2.67. The predicted molar refractivity (Wildman–Crippen MR) is 87.5 cm³/mol. The molecule has 0 unspecified atom stereocenters. The maximum Gasteiger partial charge on any atom is 0.416 e. The summed E-state index contributed by atoms with van der Waals surface area (Å²) in [6, 6.07) is 7.51. The van der Waals surface area contributed by atoms with Gasteiger partial charge in [0.2, 0.25) is 0 Å². The highest BCUT2D eigenvalue weighted by Gasteiger charge is 2.31. The molecule has 0 spiro atoms. The molecule has 0 saturated carbocycles.